The molecule has 1 rings (SSSR count). The maximum atomic E-state index is 11.9. The van der Waals surface area contributed by atoms with Crippen molar-refractivity contribution in [1.29, 1.82) is 0 Å². The van der Waals surface area contributed by atoms with Crippen molar-refractivity contribution in [3.63, 3.8) is 0 Å². The molecule has 0 fully saturated rings. The van der Waals surface area contributed by atoms with E-state index in [1.54, 1.807) is 6.07 Å². The maximum absolute atomic E-state index is 11.9. The standard InChI is InChI=1S/C13H17BrF3NO2/c1-9-2-3-12(11(14)6-9)20-8-10(19)7-18-5-4-13(15,16)17/h2-3,6,10,18-19H,4-5,7-8H2,1H3. The second kappa shape index (κ2) is 7.85. The Morgan fingerprint density at radius 2 is 2.10 bits per heavy atom. The van der Waals surface area contributed by atoms with Crippen LogP contribution in [0.1, 0.15) is 12.0 Å². The van der Waals surface area contributed by atoms with E-state index >= 15 is 0 Å². The normalized spacial score (nSPS) is 13.3. The monoisotopic (exact) mass is 355 g/mol. The zero-order chi connectivity index (χ0) is 15.2. The van der Waals surface area contributed by atoms with Gasteiger partial charge in [-0.2, -0.15) is 13.2 Å². The van der Waals surface area contributed by atoms with E-state index < -0.39 is 18.7 Å². The third kappa shape index (κ3) is 7.12. The fourth-order valence-electron chi connectivity index (χ4n) is 1.47. The van der Waals surface area contributed by atoms with Crippen molar-refractivity contribution in [3.8, 4) is 5.75 Å². The van der Waals surface area contributed by atoms with Gasteiger partial charge in [0.25, 0.3) is 0 Å². The molecule has 7 heteroatoms. The molecule has 0 spiro atoms. The molecule has 0 saturated heterocycles. The molecule has 114 valence electrons. The van der Waals surface area contributed by atoms with Gasteiger partial charge in [0.15, 0.2) is 0 Å². The molecule has 0 radical (unpaired) electrons. The Morgan fingerprint density at radius 3 is 2.70 bits per heavy atom. The SMILES string of the molecule is Cc1ccc(OCC(O)CNCCC(F)(F)F)c(Br)c1. The number of nitrogens with one attached hydrogen (secondary N) is 1. The summed E-state index contributed by atoms with van der Waals surface area (Å²) in [7, 11) is 0. The Labute approximate surface area is 124 Å². The molecule has 0 heterocycles. The highest BCUT2D eigenvalue weighted by atomic mass is 79.9. The Morgan fingerprint density at radius 1 is 1.40 bits per heavy atom. The lowest BCUT2D eigenvalue weighted by molar-refractivity contribution is -0.133. The van der Waals surface area contributed by atoms with E-state index in [4.69, 9.17) is 4.74 Å². The van der Waals surface area contributed by atoms with Crippen LogP contribution in [0.3, 0.4) is 0 Å². The van der Waals surface area contributed by atoms with Gasteiger partial charge in [-0.25, -0.2) is 0 Å². The predicted molar refractivity (Wildman–Crippen MR) is 73.9 cm³/mol. The van der Waals surface area contributed by atoms with Gasteiger partial charge in [-0.1, -0.05) is 6.07 Å². The molecule has 2 N–H and O–H groups in total. The first-order valence-corrected chi connectivity index (χ1v) is 6.92. The predicted octanol–water partition coefficient (Wildman–Crippen LogP) is 3.04. The van der Waals surface area contributed by atoms with Crippen LogP contribution < -0.4 is 10.1 Å². The average molecular weight is 356 g/mol. The third-order valence-corrected chi connectivity index (χ3v) is 3.10. The fourth-order valence-corrected chi connectivity index (χ4v) is 2.07. The highest BCUT2D eigenvalue weighted by Crippen LogP contribution is 2.25. The van der Waals surface area contributed by atoms with E-state index in [1.807, 2.05) is 19.1 Å². The summed E-state index contributed by atoms with van der Waals surface area (Å²) in [4.78, 5) is 0. The quantitative estimate of drug-likeness (QED) is 0.738. The van der Waals surface area contributed by atoms with Gasteiger partial charge < -0.3 is 15.2 Å². The lowest BCUT2D eigenvalue weighted by Gasteiger charge is -2.14. The van der Waals surface area contributed by atoms with Gasteiger partial charge in [-0.15, -0.1) is 0 Å². The molecule has 0 saturated carbocycles. The molecule has 0 aliphatic heterocycles. The number of alkyl halides is 3. The minimum Gasteiger partial charge on any atom is -0.490 e. The lowest BCUT2D eigenvalue weighted by atomic mass is 10.2. The molecule has 0 aliphatic rings. The zero-order valence-corrected chi connectivity index (χ0v) is 12.6. The van der Waals surface area contributed by atoms with Crippen LogP contribution in [0.4, 0.5) is 13.2 Å². The summed E-state index contributed by atoms with van der Waals surface area (Å²) in [5, 5.41) is 12.1. The van der Waals surface area contributed by atoms with Crippen LogP contribution in [-0.2, 0) is 0 Å². The first-order valence-electron chi connectivity index (χ1n) is 6.12. The zero-order valence-electron chi connectivity index (χ0n) is 11.0. The van der Waals surface area contributed by atoms with Crippen LogP contribution in [0.5, 0.6) is 5.75 Å². The van der Waals surface area contributed by atoms with Crippen LogP contribution >= 0.6 is 15.9 Å². The molecule has 1 aromatic rings. The van der Waals surface area contributed by atoms with Crippen LogP contribution in [0.2, 0.25) is 0 Å². The number of ether oxygens (including phenoxy) is 1. The summed E-state index contributed by atoms with van der Waals surface area (Å²) in [6.07, 6.45) is -5.96. The van der Waals surface area contributed by atoms with E-state index in [1.165, 1.54) is 0 Å². The number of hydrogen-bond acceptors (Lipinski definition) is 3. The molecule has 1 atom stereocenters. The van der Waals surface area contributed by atoms with Crippen molar-refractivity contribution in [2.24, 2.45) is 0 Å². The molecule has 3 nitrogen and oxygen atoms in total. The van der Waals surface area contributed by atoms with Gasteiger partial charge >= 0.3 is 6.18 Å². The van der Waals surface area contributed by atoms with Crippen molar-refractivity contribution in [2.45, 2.75) is 25.6 Å². The van der Waals surface area contributed by atoms with Crippen molar-refractivity contribution in [3.05, 3.63) is 28.2 Å². The number of aliphatic hydroxyl groups is 1. The highest BCUT2D eigenvalue weighted by molar-refractivity contribution is 9.10. The number of rotatable bonds is 7. The van der Waals surface area contributed by atoms with Crippen LogP contribution in [0, 0.1) is 6.92 Å². The van der Waals surface area contributed by atoms with E-state index in [9.17, 15) is 18.3 Å². The molecule has 1 aromatic carbocycles. The lowest BCUT2D eigenvalue weighted by Crippen LogP contribution is -2.33. The molecule has 0 aromatic heterocycles. The van der Waals surface area contributed by atoms with Gasteiger partial charge in [-0.05, 0) is 40.5 Å². The van der Waals surface area contributed by atoms with Gasteiger partial charge in [-0.3, -0.25) is 0 Å². The van der Waals surface area contributed by atoms with E-state index in [-0.39, 0.29) is 19.7 Å². The molecular formula is C13H17BrF3NO2. The number of aryl methyl sites for hydroxylation is 1. The first kappa shape index (κ1) is 17.3. The van der Waals surface area contributed by atoms with Crippen molar-refractivity contribution in [2.75, 3.05) is 19.7 Å². The Kier molecular flexibility index (Phi) is 6.78. The van der Waals surface area contributed by atoms with E-state index in [0.29, 0.717) is 5.75 Å². The summed E-state index contributed by atoms with van der Waals surface area (Å²) in [5.74, 6) is 0.588. The molecule has 20 heavy (non-hydrogen) atoms. The average Bonchev–Trinajstić information content (AvgIpc) is 2.32. The van der Waals surface area contributed by atoms with Crippen molar-refractivity contribution in [1.82, 2.24) is 5.32 Å². The highest BCUT2D eigenvalue weighted by Gasteiger charge is 2.26. The molecule has 1 unspecified atom stereocenters. The van der Waals surface area contributed by atoms with Crippen molar-refractivity contribution < 1.29 is 23.0 Å². The van der Waals surface area contributed by atoms with Crippen molar-refractivity contribution >= 4 is 15.9 Å². The minimum absolute atomic E-state index is 0.0146. The topological polar surface area (TPSA) is 41.5 Å². The minimum atomic E-state index is -4.18. The summed E-state index contributed by atoms with van der Waals surface area (Å²) in [5.41, 5.74) is 1.07. The second-order valence-electron chi connectivity index (χ2n) is 4.47. The largest absolute Gasteiger partial charge is 0.490 e. The molecule has 0 amide bonds. The van der Waals surface area contributed by atoms with Gasteiger partial charge in [0, 0.05) is 13.1 Å². The Hall–Kier alpha value is -0.790. The maximum Gasteiger partial charge on any atom is 0.390 e. The summed E-state index contributed by atoms with van der Waals surface area (Å²) < 4.78 is 41.8. The fraction of sp³-hybridized carbons (Fsp3) is 0.538. The van der Waals surface area contributed by atoms with Gasteiger partial charge in [0.05, 0.1) is 10.9 Å². The Balaban J connectivity index is 2.24. The molecule has 0 aliphatic carbocycles. The number of aliphatic hydroxyl groups excluding tert-OH is 1. The Bertz CT molecular complexity index is 427. The number of benzene rings is 1. The van der Waals surface area contributed by atoms with Crippen LogP contribution in [0.15, 0.2) is 22.7 Å². The first-order chi connectivity index (χ1) is 9.28. The summed E-state index contributed by atoms with van der Waals surface area (Å²) in [6, 6.07) is 5.51. The third-order valence-electron chi connectivity index (χ3n) is 2.48. The smallest absolute Gasteiger partial charge is 0.390 e. The number of hydrogen-bond donors (Lipinski definition) is 2. The van der Waals surface area contributed by atoms with E-state index in [0.717, 1.165) is 10.0 Å². The summed E-state index contributed by atoms with van der Waals surface area (Å²) >= 11 is 3.34. The van der Waals surface area contributed by atoms with Crippen LogP contribution in [0.25, 0.3) is 0 Å². The molecule has 0 bridgehead atoms. The summed E-state index contributed by atoms with van der Waals surface area (Å²) in [6.45, 7) is 1.79. The number of halogens is 4. The van der Waals surface area contributed by atoms with E-state index in [2.05, 4.69) is 21.2 Å². The van der Waals surface area contributed by atoms with Gasteiger partial charge in [0.1, 0.15) is 18.5 Å². The van der Waals surface area contributed by atoms with Crippen LogP contribution in [-0.4, -0.2) is 37.1 Å². The second-order valence-corrected chi connectivity index (χ2v) is 5.32. The molecular weight excluding hydrogens is 339 g/mol. The van der Waals surface area contributed by atoms with Gasteiger partial charge in [0.2, 0.25) is 0 Å².